The highest BCUT2D eigenvalue weighted by Gasteiger charge is 2.42. The van der Waals surface area contributed by atoms with Crippen LogP contribution in [0.15, 0.2) is 0 Å². The summed E-state index contributed by atoms with van der Waals surface area (Å²) < 4.78 is 0. The molecule has 3 fully saturated rings. The van der Waals surface area contributed by atoms with Gasteiger partial charge in [0.1, 0.15) is 5.78 Å². The molecule has 3 rings (SSSR count). The minimum Gasteiger partial charge on any atom is -0.342 e. The van der Waals surface area contributed by atoms with Crippen molar-refractivity contribution < 1.29 is 9.59 Å². The van der Waals surface area contributed by atoms with Gasteiger partial charge in [0.15, 0.2) is 0 Å². The summed E-state index contributed by atoms with van der Waals surface area (Å²) in [5, 5.41) is 0. The van der Waals surface area contributed by atoms with Crippen LogP contribution in [-0.4, -0.2) is 78.2 Å². The molecule has 1 aliphatic carbocycles. The molecule has 2 unspecified atom stereocenters. The van der Waals surface area contributed by atoms with Crippen molar-refractivity contribution in [2.75, 3.05) is 45.8 Å². The van der Waals surface area contributed by atoms with Gasteiger partial charge >= 0.3 is 0 Å². The van der Waals surface area contributed by atoms with Gasteiger partial charge in [-0.3, -0.25) is 14.5 Å². The van der Waals surface area contributed by atoms with Crippen LogP contribution >= 0.6 is 0 Å². The highest BCUT2D eigenvalue weighted by Crippen LogP contribution is 2.43. The Kier molecular flexibility index (Phi) is 6.96. The number of rotatable bonds is 7. The molecular weight excluding hydrogens is 338 g/mol. The third kappa shape index (κ3) is 5.32. The maximum atomic E-state index is 12.7. The van der Waals surface area contributed by atoms with E-state index in [1.54, 1.807) is 0 Å². The molecule has 5 heteroatoms. The lowest BCUT2D eigenvalue weighted by molar-refractivity contribution is -0.131. The number of Topliss-reactive ketones (excluding diaryl/α,β-unsaturated/α-hetero) is 1. The smallest absolute Gasteiger partial charge is 0.223 e. The van der Waals surface area contributed by atoms with Crippen molar-refractivity contribution in [1.82, 2.24) is 14.7 Å². The van der Waals surface area contributed by atoms with Crippen molar-refractivity contribution in [3.63, 3.8) is 0 Å². The highest BCUT2D eigenvalue weighted by atomic mass is 16.2. The molecule has 5 nitrogen and oxygen atoms in total. The number of carbonyl (C=O) groups excluding carboxylic acids is 2. The van der Waals surface area contributed by atoms with E-state index in [0.717, 1.165) is 65.1 Å². The first-order chi connectivity index (χ1) is 12.8. The molecule has 0 aromatic heterocycles. The molecule has 0 bridgehead atoms. The van der Waals surface area contributed by atoms with E-state index < -0.39 is 0 Å². The molecule has 2 aliphatic heterocycles. The molecule has 0 aromatic carbocycles. The molecule has 0 spiro atoms. The van der Waals surface area contributed by atoms with E-state index in [-0.39, 0.29) is 5.92 Å². The summed E-state index contributed by atoms with van der Waals surface area (Å²) in [4.78, 5) is 31.8. The molecule has 1 amide bonds. The summed E-state index contributed by atoms with van der Waals surface area (Å²) in [5.74, 6) is 2.73. The first-order valence-electron chi connectivity index (χ1n) is 11.1. The van der Waals surface area contributed by atoms with Crippen molar-refractivity contribution in [3.8, 4) is 0 Å². The fourth-order valence-electron chi connectivity index (χ4n) is 5.23. The number of carbonyl (C=O) groups is 2. The van der Waals surface area contributed by atoms with E-state index in [2.05, 4.69) is 28.5 Å². The molecule has 1 saturated carbocycles. The first-order valence-corrected chi connectivity index (χ1v) is 11.1. The van der Waals surface area contributed by atoms with Crippen molar-refractivity contribution in [2.45, 2.75) is 59.4 Å². The van der Waals surface area contributed by atoms with Crippen molar-refractivity contribution in [1.29, 1.82) is 0 Å². The minimum atomic E-state index is 0.158. The average Bonchev–Trinajstić information content (AvgIpc) is 3.18. The lowest BCUT2D eigenvalue weighted by Gasteiger charge is -2.37. The number of nitrogens with zero attached hydrogens (tertiary/aromatic N) is 3. The van der Waals surface area contributed by atoms with Gasteiger partial charge in [0.25, 0.3) is 0 Å². The molecule has 3 aliphatic rings. The quantitative estimate of drug-likeness (QED) is 0.684. The van der Waals surface area contributed by atoms with Crippen molar-refractivity contribution in [2.24, 2.45) is 23.7 Å². The Labute approximate surface area is 165 Å². The Morgan fingerprint density at radius 2 is 1.52 bits per heavy atom. The molecule has 154 valence electrons. The zero-order valence-electron chi connectivity index (χ0n) is 17.8. The average molecular weight is 378 g/mol. The van der Waals surface area contributed by atoms with Crippen molar-refractivity contribution >= 4 is 11.7 Å². The Morgan fingerprint density at radius 1 is 0.926 bits per heavy atom. The van der Waals surface area contributed by atoms with Gasteiger partial charge in [0, 0.05) is 70.6 Å². The lowest BCUT2D eigenvalue weighted by atomic mass is 9.94. The summed E-state index contributed by atoms with van der Waals surface area (Å²) in [6.45, 7) is 15.7. The van der Waals surface area contributed by atoms with Gasteiger partial charge in [-0.05, 0) is 44.4 Å². The zero-order valence-corrected chi connectivity index (χ0v) is 17.8. The van der Waals surface area contributed by atoms with Gasteiger partial charge < -0.3 is 9.80 Å². The third-order valence-electron chi connectivity index (χ3n) is 7.11. The number of hydrogen-bond donors (Lipinski definition) is 0. The van der Waals surface area contributed by atoms with Crippen LogP contribution < -0.4 is 0 Å². The van der Waals surface area contributed by atoms with Crippen LogP contribution in [0, 0.1) is 23.7 Å². The van der Waals surface area contributed by atoms with Crippen LogP contribution in [0.2, 0.25) is 0 Å². The highest BCUT2D eigenvalue weighted by molar-refractivity contribution is 5.80. The normalized spacial score (nSPS) is 29.7. The topological polar surface area (TPSA) is 43.9 Å². The van der Waals surface area contributed by atoms with E-state index in [0.29, 0.717) is 41.9 Å². The zero-order chi connectivity index (χ0) is 19.6. The molecule has 0 radical (unpaired) electrons. The largest absolute Gasteiger partial charge is 0.342 e. The lowest BCUT2D eigenvalue weighted by Crippen LogP contribution is -2.49. The fraction of sp³-hybridized carbons (Fsp3) is 0.909. The number of likely N-dealkylation sites (tertiary alicyclic amines) is 1. The van der Waals surface area contributed by atoms with E-state index in [9.17, 15) is 9.59 Å². The van der Waals surface area contributed by atoms with Crippen LogP contribution in [0.1, 0.15) is 53.4 Å². The molecule has 0 aromatic rings. The molecule has 2 heterocycles. The summed E-state index contributed by atoms with van der Waals surface area (Å²) in [6, 6.07) is 0.623. The molecule has 2 saturated heterocycles. The second-order valence-electron chi connectivity index (χ2n) is 9.70. The number of piperazine rings is 1. The van der Waals surface area contributed by atoms with Gasteiger partial charge in [-0.15, -0.1) is 0 Å². The number of fused-ring (bicyclic) bond motifs is 1. The van der Waals surface area contributed by atoms with E-state index in [1.165, 1.54) is 0 Å². The van der Waals surface area contributed by atoms with Gasteiger partial charge in [-0.1, -0.05) is 13.8 Å². The third-order valence-corrected chi connectivity index (χ3v) is 7.11. The van der Waals surface area contributed by atoms with Crippen LogP contribution in [0.5, 0.6) is 0 Å². The van der Waals surface area contributed by atoms with E-state index in [1.807, 2.05) is 13.8 Å². The number of ketones is 1. The predicted octanol–water partition coefficient (Wildman–Crippen LogP) is 2.50. The second kappa shape index (κ2) is 9.04. The summed E-state index contributed by atoms with van der Waals surface area (Å²) in [5.41, 5.74) is 0. The Bertz CT molecular complexity index is 512. The van der Waals surface area contributed by atoms with Gasteiger partial charge in [-0.25, -0.2) is 0 Å². The van der Waals surface area contributed by atoms with Crippen molar-refractivity contribution in [3.05, 3.63) is 0 Å². The standard InChI is InChI=1S/C22H39N3O2/c1-16(2)21(26)13-18-11-19-14-25(15-20(19)12-18)22(27)5-6-23-7-9-24(10-8-23)17(3)4/h16-20H,5-15H2,1-4H3. The van der Waals surface area contributed by atoms with E-state index in [4.69, 9.17) is 0 Å². The van der Waals surface area contributed by atoms with E-state index >= 15 is 0 Å². The Hall–Kier alpha value is -0.940. The Morgan fingerprint density at radius 3 is 2.04 bits per heavy atom. The molecule has 2 atom stereocenters. The summed E-state index contributed by atoms with van der Waals surface area (Å²) in [6.07, 6.45) is 3.70. The summed E-state index contributed by atoms with van der Waals surface area (Å²) in [7, 11) is 0. The molecule has 27 heavy (non-hydrogen) atoms. The van der Waals surface area contributed by atoms with Crippen LogP contribution in [-0.2, 0) is 9.59 Å². The SMILES string of the molecule is CC(C)C(=O)CC1CC2CN(C(=O)CCN3CCN(C(C)C)CC3)CC2C1. The predicted molar refractivity (Wildman–Crippen MR) is 109 cm³/mol. The minimum absolute atomic E-state index is 0.158. The number of amides is 1. The van der Waals surface area contributed by atoms with Crippen LogP contribution in [0.4, 0.5) is 0 Å². The monoisotopic (exact) mass is 377 g/mol. The first kappa shape index (κ1) is 20.8. The maximum Gasteiger partial charge on any atom is 0.223 e. The number of hydrogen-bond acceptors (Lipinski definition) is 4. The fourth-order valence-corrected chi connectivity index (χ4v) is 5.23. The van der Waals surface area contributed by atoms with Gasteiger partial charge in [0.05, 0.1) is 0 Å². The van der Waals surface area contributed by atoms with Gasteiger partial charge in [0.2, 0.25) is 5.91 Å². The molecular formula is C22H39N3O2. The second-order valence-corrected chi connectivity index (χ2v) is 9.70. The molecule has 0 N–H and O–H groups in total. The van der Waals surface area contributed by atoms with Crippen LogP contribution in [0.25, 0.3) is 0 Å². The van der Waals surface area contributed by atoms with Gasteiger partial charge in [-0.2, -0.15) is 0 Å². The Balaban J connectivity index is 1.36. The van der Waals surface area contributed by atoms with Crippen LogP contribution in [0.3, 0.4) is 0 Å². The summed E-state index contributed by atoms with van der Waals surface area (Å²) >= 11 is 0. The maximum absolute atomic E-state index is 12.7.